The van der Waals surface area contributed by atoms with Gasteiger partial charge in [0.05, 0.1) is 19.3 Å². The van der Waals surface area contributed by atoms with Gasteiger partial charge in [0.15, 0.2) is 0 Å². The zero-order valence-electron chi connectivity index (χ0n) is 10.9. The van der Waals surface area contributed by atoms with Crippen molar-refractivity contribution in [2.45, 2.75) is 39.4 Å². The molecule has 0 aliphatic heterocycles. The van der Waals surface area contributed by atoms with Crippen LogP contribution in [-0.4, -0.2) is 35.5 Å². The first-order valence-corrected chi connectivity index (χ1v) is 5.64. The van der Waals surface area contributed by atoms with Crippen LogP contribution in [0.3, 0.4) is 0 Å². The highest BCUT2D eigenvalue weighted by molar-refractivity contribution is 5.81. The third kappa shape index (κ3) is 7.71. The molecule has 0 spiro atoms. The van der Waals surface area contributed by atoms with Crippen molar-refractivity contribution in [1.82, 2.24) is 0 Å². The highest BCUT2D eigenvalue weighted by Crippen LogP contribution is 2.12. The molecule has 4 nitrogen and oxygen atoms in total. The Morgan fingerprint density at radius 3 is 2.41 bits per heavy atom. The summed E-state index contributed by atoms with van der Waals surface area (Å²) in [6.07, 6.45) is 3.44. The van der Waals surface area contributed by atoms with E-state index in [4.69, 9.17) is 0 Å². The van der Waals surface area contributed by atoms with Crippen molar-refractivity contribution in [2.24, 2.45) is 5.92 Å². The monoisotopic (exact) mass is 242 g/mol. The van der Waals surface area contributed by atoms with Gasteiger partial charge >= 0.3 is 5.97 Å². The number of aliphatic hydroxyl groups is 2. The minimum atomic E-state index is -0.693. The Labute approximate surface area is 103 Å². The van der Waals surface area contributed by atoms with Crippen molar-refractivity contribution in [3.8, 4) is 0 Å². The molecule has 0 aliphatic carbocycles. The quantitative estimate of drug-likeness (QED) is 0.420. The van der Waals surface area contributed by atoms with Crippen LogP contribution >= 0.6 is 0 Å². The van der Waals surface area contributed by atoms with Gasteiger partial charge in [-0.2, -0.15) is 0 Å². The van der Waals surface area contributed by atoms with Gasteiger partial charge in [0.2, 0.25) is 0 Å². The van der Waals surface area contributed by atoms with Crippen molar-refractivity contribution in [2.75, 3.05) is 7.11 Å². The summed E-state index contributed by atoms with van der Waals surface area (Å²) in [5.41, 5.74) is 1.00. The summed E-state index contributed by atoms with van der Waals surface area (Å²) in [7, 11) is 1.30. The van der Waals surface area contributed by atoms with Gasteiger partial charge in [-0.05, 0) is 13.8 Å². The molecule has 0 saturated carbocycles. The molecule has 0 aromatic carbocycles. The summed E-state index contributed by atoms with van der Waals surface area (Å²) in [6, 6.07) is 0. The number of ether oxygens (including phenoxy) is 1. The van der Waals surface area contributed by atoms with Crippen LogP contribution in [0.25, 0.3) is 0 Å². The molecule has 98 valence electrons. The number of hydrogen-bond donors (Lipinski definition) is 2. The second-order valence-electron chi connectivity index (χ2n) is 4.36. The third-order valence-electron chi connectivity index (χ3n) is 2.35. The molecule has 2 N–H and O–H groups in total. The molecule has 0 bridgehead atoms. The van der Waals surface area contributed by atoms with Crippen LogP contribution in [0.5, 0.6) is 0 Å². The lowest BCUT2D eigenvalue weighted by Gasteiger charge is -2.17. The van der Waals surface area contributed by atoms with E-state index in [0.717, 1.165) is 5.57 Å². The summed E-state index contributed by atoms with van der Waals surface area (Å²) in [6.45, 7) is 5.55. The van der Waals surface area contributed by atoms with Gasteiger partial charge in [0.1, 0.15) is 0 Å². The Hall–Kier alpha value is -1.13. The fourth-order valence-electron chi connectivity index (χ4n) is 1.34. The average molecular weight is 242 g/mol. The van der Waals surface area contributed by atoms with E-state index >= 15 is 0 Å². The maximum atomic E-state index is 10.9. The second-order valence-corrected chi connectivity index (χ2v) is 4.36. The number of methoxy groups -OCH3 is 1. The van der Waals surface area contributed by atoms with Crippen molar-refractivity contribution in [1.29, 1.82) is 0 Å². The standard InChI is InChI=1S/C13H22O4/c1-9(2)7-11(14)8-12(15)10(3)5-6-13(16)17-4/h5-7,10-12,14-15H,8H2,1-4H3/t10-,11-,12+/m1/s1. The first kappa shape index (κ1) is 15.9. The van der Waals surface area contributed by atoms with E-state index in [0.29, 0.717) is 0 Å². The molecule has 4 heteroatoms. The molecule has 3 atom stereocenters. The molecule has 0 fully saturated rings. The molecule has 0 unspecified atom stereocenters. The Morgan fingerprint density at radius 2 is 1.94 bits per heavy atom. The molecule has 0 aliphatic rings. The number of allylic oxidation sites excluding steroid dienone is 1. The predicted octanol–water partition coefficient (Wildman–Crippen LogP) is 1.43. The predicted molar refractivity (Wildman–Crippen MR) is 66.4 cm³/mol. The molecule has 0 aromatic heterocycles. The zero-order chi connectivity index (χ0) is 13.4. The molecule has 0 heterocycles. The van der Waals surface area contributed by atoms with Crippen LogP contribution in [-0.2, 0) is 9.53 Å². The van der Waals surface area contributed by atoms with E-state index in [2.05, 4.69) is 4.74 Å². The number of carbonyl (C=O) groups excluding carboxylic acids is 1. The maximum Gasteiger partial charge on any atom is 0.330 e. The van der Waals surface area contributed by atoms with Crippen LogP contribution in [0.2, 0.25) is 0 Å². The fourth-order valence-corrected chi connectivity index (χ4v) is 1.34. The summed E-state index contributed by atoms with van der Waals surface area (Å²) < 4.78 is 4.45. The van der Waals surface area contributed by atoms with Gasteiger partial charge in [-0.3, -0.25) is 0 Å². The SMILES string of the molecule is COC(=O)C=C[C@@H](C)[C@@H](O)C[C@H](O)C=C(C)C. The minimum absolute atomic E-state index is 0.214. The average Bonchev–Trinajstić information content (AvgIpc) is 2.23. The van der Waals surface area contributed by atoms with Crippen molar-refractivity contribution < 1.29 is 19.7 Å². The van der Waals surface area contributed by atoms with E-state index in [1.54, 1.807) is 19.1 Å². The van der Waals surface area contributed by atoms with E-state index in [1.807, 2.05) is 13.8 Å². The normalized spacial score (nSPS) is 16.4. The largest absolute Gasteiger partial charge is 0.466 e. The molecule has 0 radical (unpaired) electrons. The maximum absolute atomic E-state index is 10.9. The third-order valence-corrected chi connectivity index (χ3v) is 2.35. The van der Waals surface area contributed by atoms with Crippen LogP contribution in [0.15, 0.2) is 23.8 Å². The van der Waals surface area contributed by atoms with Gasteiger partial charge in [0, 0.05) is 18.4 Å². The van der Waals surface area contributed by atoms with Crippen LogP contribution in [0.4, 0.5) is 0 Å². The number of aliphatic hydroxyl groups excluding tert-OH is 2. The minimum Gasteiger partial charge on any atom is -0.466 e. The molecule has 0 rings (SSSR count). The van der Waals surface area contributed by atoms with E-state index in [1.165, 1.54) is 13.2 Å². The zero-order valence-corrected chi connectivity index (χ0v) is 10.9. The Bertz CT molecular complexity index is 290. The molecule has 17 heavy (non-hydrogen) atoms. The smallest absolute Gasteiger partial charge is 0.330 e. The summed E-state index contributed by atoms with van der Waals surface area (Å²) in [5.74, 6) is -0.664. The summed E-state index contributed by atoms with van der Waals surface area (Å²) >= 11 is 0. The van der Waals surface area contributed by atoms with Gasteiger partial charge in [0.25, 0.3) is 0 Å². The first-order valence-electron chi connectivity index (χ1n) is 5.64. The topological polar surface area (TPSA) is 66.8 Å². The highest BCUT2D eigenvalue weighted by Gasteiger charge is 2.15. The molecular formula is C13H22O4. The van der Waals surface area contributed by atoms with Crippen molar-refractivity contribution >= 4 is 5.97 Å². The van der Waals surface area contributed by atoms with E-state index in [9.17, 15) is 15.0 Å². The Morgan fingerprint density at radius 1 is 1.35 bits per heavy atom. The van der Waals surface area contributed by atoms with Crippen molar-refractivity contribution in [3.63, 3.8) is 0 Å². The number of esters is 1. The molecular weight excluding hydrogens is 220 g/mol. The lowest BCUT2D eigenvalue weighted by molar-refractivity contribution is -0.134. The van der Waals surface area contributed by atoms with Crippen LogP contribution in [0.1, 0.15) is 27.2 Å². The number of hydrogen-bond acceptors (Lipinski definition) is 4. The highest BCUT2D eigenvalue weighted by atomic mass is 16.5. The van der Waals surface area contributed by atoms with Gasteiger partial charge in [-0.25, -0.2) is 4.79 Å². The lowest BCUT2D eigenvalue weighted by Crippen LogP contribution is -2.22. The van der Waals surface area contributed by atoms with Crippen molar-refractivity contribution in [3.05, 3.63) is 23.8 Å². The molecule has 0 saturated heterocycles. The molecule has 0 amide bonds. The summed E-state index contributed by atoms with van der Waals surface area (Å²) in [5, 5.41) is 19.4. The number of carbonyl (C=O) groups is 1. The summed E-state index contributed by atoms with van der Waals surface area (Å²) in [4.78, 5) is 10.9. The van der Waals surface area contributed by atoms with Crippen LogP contribution < -0.4 is 0 Å². The van der Waals surface area contributed by atoms with Gasteiger partial charge in [-0.15, -0.1) is 0 Å². The fraction of sp³-hybridized carbons (Fsp3) is 0.615. The van der Waals surface area contributed by atoms with Gasteiger partial charge < -0.3 is 14.9 Å². The first-order chi connectivity index (χ1) is 7.86. The van der Waals surface area contributed by atoms with E-state index in [-0.39, 0.29) is 12.3 Å². The Kier molecular flexibility index (Phi) is 7.50. The number of rotatable bonds is 6. The van der Waals surface area contributed by atoms with E-state index < -0.39 is 18.2 Å². The molecule has 0 aromatic rings. The van der Waals surface area contributed by atoms with Gasteiger partial charge in [-0.1, -0.05) is 24.6 Å². The lowest BCUT2D eigenvalue weighted by atomic mass is 9.98. The Balaban J connectivity index is 4.22. The second kappa shape index (κ2) is 8.03. The van der Waals surface area contributed by atoms with Crippen LogP contribution in [0, 0.1) is 5.92 Å².